The fourth-order valence-corrected chi connectivity index (χ4v) is 4.80. The van der Waals surface area contributed by atoms with Crippen LogP contribution >= 0.6 is 0 Å². The average Bonchev–Trinajstić information content (AvgIpc) is 3.01. The van der Waals surface area contributed by atoms with Crippen LogP contribution in [0.1, 0.15) is 11.5 Å². The summed E-state index contributed by atoms with van der Waals surface area (Å²) in [7, 11) is -2.24. The second kappa shape index (κ2) is 4.82. The van der Waals surface area contributed by atoms with Gasteiger partial charge in [-0.05, 0) is 17.7 Å². The minimum Gasteiger partial charge on any atom is -0.481 e. The molecule has 0 aromatic heterocycles. The number of methoxy groups -OCH3 is 1. The zero-order chi connectivity index (χ0) is 15.1. The van der Waals surface area contributed by atoms with Crippen LogP contribution in [0.25, 0.3) is 0 Å². The minimum absolute atomic E-state index is 0.206. The number of carboxylic acid groups (broad SMARTS) is 1. The van der Waals surface area contributed by atoms with Crippen LogP contribution < -0.4 is 0 Å². The molecule has 0 saturated heterocycles. The molecular weight excluding hydrogens is 287 g/mol. The Morgan fingerprint density at radius 3 is 2.35 bits per heavy atom. The van der Waals surface area contributed by atoms with Crippen molar-refractivity contribution in [2.45, 2.75) is 11.2 Å². The fourth-order valence-electron chi connectivity index (χ4n) is 2.90. The summed E-state index contributed by atoms with van der Waals surface area (Å²) in [6.07, 6.45) is 1.01. The van der Waals surface area contributed by atoms with Gasteiger partial charge in [0.15, 0.2) is 9.84 Å². The minimum atomic E-state index is -3.57. The summed E-state index contributed by atoms with van der Waals surface area (Å²) in [6, 6.07) is 5.20. The van der Waals surface area contributed by atoms with Crippen molar-refractivity contribution < 1.29 is 27.4 Å². The number of rotatable bonds is 5. The van der Waals surface area contributed by atoms with Gasteiger partial charge in [-0.15, -0.1) is 0 Å². The van der Waals surface area contributed by atoms with Gasteiger partial charge >= 0.3 is 5.97 Å². The zero-order valence-electron chi connectivity index (χ0n) is 11.0. The Morgan fingerprint density at radius 2 is 1.95 bits per heavy atom. The van der Waals surface area contributed by atoms with Crippen molar-refractivity contribution in [3.05, 3.63) is 35.6 Å². The number of hydrogen-bond acceptors (Lipinski definition) is 4. The first-order valence-corrected chi connectivity index (χ1v) is 7.87. The predicted molar refractivity (Wildman–Crippen MR) is 69.7 cm³/mol. The molecule has 0 bridgehead atoms. The Kier molecular flexibility index (Phi) is 3.60. The quantitative estimate of drug-likeness (QED) is 0.879. The molecule has 0 heterocycles. The number of benzene rings is 1. The van der Waals surface area contributed by atoms with Crippen LogP contribution in [0.3, 0.4) is 0 Å². The first-order chi connectivity index (χ1) is 9.25. The Hall–Kier alpha value is -1.47. The zero-order valence-corrected chi connectivity index (χ0v) is 11.9. The van der Waals surface area contributed by atoms with E-state index in [0.29, 0.717) is 5.56 Å². The van der Waals surface area contributed by atoms with Gasteiger partial charge in [0.25, 0.3) is 0 Å². The number of carbonyl (C=O) groups is 1. The molecular formula is C13H15FO5S. The van der Waals surface area contributed by atoms with Crippen LogP contribution in [0.5, 0.6) is 0 Å². The molecule has 1 aromatic rings. The highest BCUT2D eigenvalue weighted by Gasteiger charge is 2.74. The van der Waals surface area contributed by atoms with Gasteiger partial charge in [0.1, 0.15) is 11.2 Å². The molecule has 1 aliphatic rings. The van der Waals surface area contributed by atoms with Gasteiger partial charge in [-0.25, -0.2) is 12.8 Å². The number of halogens is 1. The molecule has 1 aliphatic carbocycles. The summed E-state index contributed by atoms with van der Waals surface area (Å²) >= 11 is 0. The smallest absolute Gasteiger partial charge is 0.314 e. The monoisotopic (exact) mass is 302 g/mol. The molecule has 5 nitrogen and oxygen atoms in total. The van der Waals surface area contributed by atoms with E-state index in [1.165, 1.54) is 31.4 Å². The Labute approximate surface area is 116 Å². The highest BCUT2D eigenvalue weighted by atomic mass is 32.2. The molecule has 110 valence electrons. The molecule has 1 fully saturated rings. The predicted octanol–water partition coefficient (Wildman–Crippen LogP) is 1.05. The van der Waals surface area contributed by atoms with Gasteiger partial charge in [0.05, 0.1) is 11.9 Å². The van der Waals surface area contributed by atoms with Crippen molar-refractivity contribution in [1.82, 2.24) is 0 Å². The third-order valence-corrected chi connectivity index (χ3v) is 5.34. The third-order valence-electron chi connectivity index (χ3n) is 3.73. The summed E-state index contributed by atoms with van der Waals surface area (Å²) in [5.74, 6) is -2.40. The Balaban J connectivity index is 2.49. The van der Waals surface area contributed by atoms with E-state index < -0.39 is 38.2 Å². The van der Waals surface area contributed by atoms with E-state index in [4.69, 9.17) is 4.74 Å². The first kappa shape index (κ1) is 14.9. The molecule has 0 spiro atoms. The van der Waals surface area contributed by atoms with Crippen LogP contribution in [0.2, 0.25) is 0 Å². The Bertz CT molecular complexity index is 625. The highest BCUT2D eigenvalue weighted by Crippen LogP contribution is 2.63. The fraction of sp³-hybridized carbons (Fsp3) is 0.462. The van der Waals surface area contributed by atoms with Crippen LogP contribution in [0.15, 0.2) is 24.3 Å². The maximum atomic E-state index is 12.9. The molecule has 2 rings (SSSR count). The van der Waals surface area contributed by atoms with Gasteiger partial charge in [-0.2, -0.15) is 0 Å². The van der Waals surface area contributed by atoms with Gasteiger partial charge < -0.3 is 9.84 Å². The summed E-state index contributed by atoms with van der Waals surface area (Å²) in [5, 5.41) is 8.38. The van der Waals surface area contributed by atoms with Crippen molar-refractivity contribution in [3.8, 4) is 0 Å². The summed E-state index contributed by atoms with van der Waals surface area (Å²) < 4.78 is 41.5. The molecule has 3 unspecified atom stereocenters. The van der Waals surface area contributed by atoms with Crippen molar-refractivity contribution in [2.24, 2.45) is 5.41 Å². The normalized spacial score (nSPS) is 29.1. The van der Waals surface area contributed by atoms with E-state index in [1.807, 2.05) is 0 Å². The second-order valence-corrected chi connectivity index (χ2v) is 7.22. The largest absolute Gasteiger partial charge is 0.481 e. The molecule has 0 amide bonds. The lowest BCUT2D eigenvalue weighted by molar-refractivity contribution is -0.145. The van der Waals surface area contributed by atoms with E-state index >= 15 is 0 Å². The van der Waals surface area contributed by atoms with E-state index in [0.717, 1.165) is 6.26 Å². The van der Waals surface area contributed by atoms with E-state index in [-0.39, 0.29) is 6.61 Å². The number of carboxylic acids is 1. The maximum Gasteiger partial charge on any atom is 0.314 e. The topological polar surface area (TPSA) is 80.7 Å². The van der Waals surface area contributed by atoms with Crippen LogP contribution in [-0.4, -0.2) is 44.7 Å². The van der Waals surface area contributed by atoms with E-state index in [9.17, 15) is 22.7 Å². The highest BCUT2D eigenvalue weighted by molar-refractivity contribution is 7.91. The number of hydrogen-bond donors (Lipinski definition) is 1. The first-order valence-electron chi connectivity index (χ1n) is 5.92. The lowest BCUT2D eigenvalue weighted by Gasteiger charge is -2.11. The summed E-state index contributed by atoms with van der Waals surface area (Å²) in [6.45, 7) is -0.206. The maximum absolute atomic E-state index is 12.9. The van der Waals surface area contributed by atoms with Gasteiger partial charge in [0, 0.05) is 19.3 Å². The number of sulfone groups is 1. The van der Waals surface area contributed by atoms with Crippen LogP contribution in [0, 0.1) is 11.2 Å². The second-order valence-electron chi connectivity index (χ2n) is 5.06. The van der Waals surface area contributed by atoms with Gasteiger partial charge in [0.2, 0.25) is 0 Å². The average molecular weight is 302 g/mol. The molecule has 20 heavy (non-hydrogen) atoms. The molecule has 1 N–H and O–H groups in total. The third kappa shape index (κ3) is 2.20. The number of aliphatic carboxylic acids is 1. The van der Waals surface area contributed by atoms with E-state index in [1.54, 1.807) is 0 Å². The molecule has 1 aromatic carbocycles. The molecule has 3 atom stereocenters. The van der Waals surface area contributed by atoms with Crippen molar-refractivity contribution in [3.63, 3.8) is 0 Å². The Morgan fingerprint density at radius 1 is 1.40 bits per heavy atom. The summed E-state index contributed by atoms with van der Waals surface area (Å²) in [4.78, 5) is 11.6. The summed E-state index contributed by atoms with van der Waals surface area (Å²) in [5.41, 5.74) is -1.01. The molecule has 0 aliphatic heterocycles. The standard InChI is InChI=1S/C13H15FO5S/c1-19-7-13(12(15)16)10(11(13)20(2,17)18)8-3-5-9(14)6-4-8/h3-6,10-11H,7H2,1-2H3,(H,15,16). The molecule has 7 heteroatoms. The molecule has 0 radical (unpaired) electrons. The van der Waals surface area contributed by atoms with Crippen LogP contribution in [-0.2, 0) is 19.4 Å². The van der Waals surface area contributed by atoms with Gasteiger partial charge in [-0.3, -0.25) is 4.79 Å². The van der Waals surface area contributed by atoms with Crippen LogP contribution in [0.4, 0.5) is 4.39 Å². The van der Waals surface area contributed by atoms with Crippen molar-refractivity contribution in [1.29, 1.82) is 0 Å². The van der Waals surface area contributed by atoms with E-state index in [2.05, 4.69) is 0 Å². The number of ether oxygens (including phenoxy) is 1. The molecule has 1 saturated carbocycles. The lowest BCUT2D eigenvalue weighted by Crippen LogP contribution is -2.28. The van der Waals surface area contributed by atoms with Crippen molar-refractivity contribution >= 4 is 15.8 Å². The SMILES string of the molecule is COCC1(C(=O)O)C(c2ccc(F)cc2)C1S(C)(=O)=O. The van der Waals surface area contributed by atoms with Crippen molar-refractivity contribution in [2.75, 3.05) is 20.0 Å². The lowest BCUT2D eigenvalue weighted by atomic mass is 10.00. The van der Waals surface area contributed by atoms with Gasteiger partial charge in [-0.1, -0.05) is 12.1 Å².